The van der Waals surface area contributed by atoms with Gasteiger partial charge in [-0.25, -0.2) is 8.42 Å². The third-order valence-electron chi connectivity index (χ3n) is 5.15. The Bertz CT molecular complexity index is 959. The molecule has 3 atom stereocenters. The monoisotopic (exact) mass is 423 g/mol. The lowest BCUT2D eigenvalue weighted by atomic mass is 10.00. The molecule has 0 bridgehead atoms. The molecule has 0 heterocycles. The summed E-state index contributed by atoms with van der Waals surface area (Å²) in [6.07, 6.45) is 0. The van der Waals surface area contributed by atoms with Gasteiger partial charge >= 0.3 is 0 Å². The van der Waals surface area contributed by atoms with E-state index in [1.807, 2.05) is 19.9 Å². The van der Waals surface area contributed by atoms with E-state index in [1.54, 1.807) is 42.5 Å². The van der Waals surface area contributed by atoms with Gasteiger partial charge in [-0.05, 0) is 43.7 Å². The molecular weight excluding hydrogens is 402 g/mol. The number of nitrogens with two attached hydrogens (primary N) is 1. The Morgan fingerprint density at radius 2 is 1.93 bits per heavy atom. The van der Waals surface area contributed by atoms with E-state index in [2.05, 4.69) is 0 Å². The molecule has 0 saturated heterocycles. The van der Waals surface area contributed by atoms with E-state index in [1.165, 1.54) is 0 Å². The van der Waals surface area contributed by atoms with Crippen LogP contribution in [-0.2, 0) is 14.6 Å². The zero-order chi connectivity index (χ0) is 19.8. The predicted octanol–water partition coefficient (Wildman–Crippen LogP) is 3.90. The van der Waals surface area contributed by atoms with Gasteiger partial charge in [0.15, 0.2) is 9.84 Å². The van der Waals surface area contributed by atoms with Gasteiger partial charge in [-0.3, -0.25) is 0 Å². The van der Waals surface area contributed by atoms with Crippen molar-refractivity contribution in [1.29, 1.82) is 0 Å². The summed E-state index contributed by atoms with van der Waals surface area (Å²) in [5.74, 6) is -0.397. The van der Waals surface area contributed by atoms with Crippen LogP contribution in [0.3, 0.4) is 0 Å². The highest BCUT2D eigenvalue weighted by molar-refractivity contribution is 7.92. The fraction of sp³-hybridized carbons (Fsp3) is 0.350. The van der Waals surface area contributed by atoms with E-state index in [9.17, 15) is 8.42 Å². The molecule has 1 fully saturated rings. The zero-order valence-electron chi connectivity index (χ0n) is 15.2. The van der Waals surface area contributed by atoms with Crippen molar-refractivity contribution >= 4 is 38.6 Å². The van der Waals surface area contributed by atoms with Gasteiger partial charge in [-0.15, -0.1) is 0 Å². The maximum Gasteiger partial charge on any atom is 0.182 e. The zero-order valence-corrected chi connectivity index (χ0v) is 17.6. The maximum absolute atomic E-state index is 13.5. The number of thiocarbonyl (C=S) groups is 1. The SMILES string of the molecule is CCOCC1(C(N)=S)C(c2cccc(Cl)c2)C1S(=O)(=O)c1ccc(C)cc1. The molecule has 2 N–H and O–H groups in total. The summed E-state index contributed by atoms with van der Waals surface area (Å²) in [6, 6.07) is 14.0. The van der Waals surface area contributed by atoms with Gasteiger partial charge in [0.1, 0.15) is 0 Å². The number of sulfone groups is 1. The predicted molar refractivity (Wildman–Crippen MR) is 112 cm³/mol. The summed E-state index contributed by atoms with van der Waals surface area (Å²) < 4.78 is 32.5. The second kappa shape index (κ2) is 7.51. The molecule has 3 unspecified atom stereocenters. The Balaban J connectivity index is 2.12. The highest BCUT2D eigenvalue weighted by atomic mass is 35.5. The molecule has 144 valence electrons. The third-order valence-corrected chi connectivity index (χ3v) is 8.06. The molecule has 0 radical (unpaired) electrons. The minimum absolute atomic E-state index is 0.154. The van der Waals surface area contributed by atoms with Crippen LogP contribution in [0.25, 0.3) is 0 Å². The van der Waals surface area contributed by atoms with Crippen LogP contribution in [0.5, 0.6) is 0 Å². The fourth-order valence-electron chi connectivity index (χ4n) is 3.72. The average molecular weight is 424 g/mol. The molecule has 4 nitrogen and oxygen atoms in total. The number of hydrogen-bond donors (Lipinski definition) is 1. The van der Waals surface area contributed by atoms with Crippen molar-refractivity contribution in [2.45, 2.75) is 29.9 Å². The van der Waals surface area contributed by atoms with Crippen molar-refractivity contribution in [1.82, 2.24) is 0 Å². The number of aryl methyl sites for hydroxylation is 1. The molecular formula is C20H22ClNO3S2. The molecule has 7 heteroatoms. The third kappa shape index (κ3) is 3.51. The van der Waals surface area contributed by atoms with Crippen molar-refractivity contribution in [2.24, 2.45) is 11.1 Å². The standard InChI is InChI=1S/C20H22ClNO3S2/c1-3-25-12-20(19(22)26)17(14-5-4-6-15(21)11-14)18(20)27(23,24)16-9-7-13(2)8-10-16/h4-11,17-18H,3,12H2,1-2H3,(H2,22,26). The Labute approximate surface area is 170 Å². The van der Waals surface area contributed by atoms with Gasteiger partial charge in [0.05, 0.1) is 27.2 Å². The molecule has 1 aliphatic rings. The molecule has 0 aromatic heterocycles. The van der Waals surface area contributed by atoms with Crippen LogP contribution < -0.4 is 5.73 Å². The van der Waals surface area contributed by atoms with E-state index in [-0.39, 0.29) is 16.5 Å². The smallest absolute Gasteiger partial charge is 0.182 e. The normalized spacial score (nSPS) is 24.6. The average Bonchev–Trinajstić information content (AvgIpc) is 3.32. The van der Waals surface area contributed by atoms with Crippen LogP contribution in [0, 0.1) is 12.3 Å². The molecule has 1 aliphatic carbocycles. The first-order chi connectivity index (χ1) is 12.7. The van der Waals surface area contributed by atoms with Crippen molar-refractivity contribution in [2.75, 3.05) is 13.2 Å². The Kier molecular flexibility index (Phi) is 5.64. The van der Waals surface area contributed by atoms with Gasteiger partial charge in [-0.2, -0.15) is 0 Å². The molecule has 0 amide bonds. The lowest BCUT2D eigenvalue weighted by Gasteiger charge is -2.17. The maximum atomic E-state index is 13.5. The number of ether oxygens (including phenoxy) is 1. The quantitative estimate of drug-likeness (QED) is 0.684. The second-order valence-electron chi connectivity index (χ2n) is 6.85. The van der Waals surface area contributed by atoms with Crippen LogP contribution in [-0.4, -0.2) is 31.9 Å². The van der Waals surface area contributed by atoms with Gasteiger partial charge < -0.3 is 10.5 Å². The Hall–Kier alpha value is -1.47. The van der Waals surface area contributed by atoms with Crippen molar-refractivity contribution < 1.29 is 13.2 Å². The summed E-state index contributed by atoms with van der Waals surface area (Å²) in [6.45, 7) is 4.37. The number of rotatable bonds is 7. The second-order valence-corrected chi connectivity index (χ2v) is 9.80. The van der Waals surface area contributed by atoms with E-state index in [0.29, 0.717) is 11.6 Å². The van der Waals surface area contributed by atoms with E-state index >= 15 is 0 Å². The van der Waals surface area contributed by atoms with Gasteiger partial charge in [0, 0.05) is 17.5 Å². The van der Waals surface area contributed by atoms with Crippen LogP contribution in [0.2, 0.25) is 5.02 Å². The lowest BCUT2D eigenvalue weighted by Crippen LogP contribution is -2.33. The van der Waals surface area contributed by atoms with Crippen LogP contribution in [0.1, 0.15) is 24.0 Å². The van der Waals surface area contributed by atoms with Crippen molar-refractivity contribution in [3.05, 3.63) is 64.7 Å². The molecule has 2 aromatic carbocycles. The summed E-state index contributed by atoms with van der Waals surface area (Å²) in [5, 5.41) is -0.241. The van der Waals surface area contributed by atoms with Crippen LogP contribution >= 0.6 is 23.8 Å². The van der Waals surface area contributed by atoms with E-state index in [0.717, 1.165) is 11.1 Å². The van der Waals surface area contributed by atoms with Crippen LogP contribution in [0.4, 0.5) is 0 Å². The largest absolute Gasteiger partial charge is 0.393 e. The summed E-state index contributed by atoms with van der Waals surface area (Å²) >= 11 is 11.5. The minimum Gasteiger partial charge on any atom is -0.393 e. The molecule has 0 spiro atoms. The molecule has 1 saturated carbocycles. The highest BCUT2D eigenvalue weighted by Gasteiger charge is 2.73. The lowest BCUT2D eigenvalue weighted by molar-refractivity contribution is 0.121. The molecule has 27 heavy (non-hydrogen) atoms. The summed E-state index contributed by atoms with van der Waals surface area (Å²) in [5.41, 5.74) is 6.93. The number of halogens is 1. The van der Waals surface area contributed by atoms with Gasteiger partial charge in [-0.1, -0.05) is 53.6 Å². The topological polar surface area (TPSA) is 69.4 Å². The van der Waals surface area contributed by atoms with Crippen molar-refractivity contribution in [3.8, 4) is 0 Å². The van der Waals surface area contributed by atoms with Crippen LogP contribution in [0.15, 0.2) is 53.4 Å². The molecule has 3 rings (SSSR count). The van der Waals surface area contributed by atoms with Gasteiger partial charge in [0.2, 0.25) is 0 Å². The van der Waals surface area contributed by atoms with Gasteiger partial charge in [0.25, 0.3) is 0 Å². The number of hydrogen-bond acceptors (Lipinski definition) is 4. The first-order valence-corrected chi connectivity index (χ1v) is 11.0. The Morgan fingerprint density at radius 3 is 2.48 bits per heavy atom. The van der Waals surface area contributed by atoms with E-state index in [4.69, 9.17) is 34.3 Å². The molecule has 2 aromatic rings. The Morgan fingerprint density at radius 1 is 1.26 bits per heavy atom. The first-order valence-electron chi connectivity index (χ1n) is 8.69. The van der Waals surface area contributed by atoms with E-state index < -0.39 is 26.4 Å². The number of benzene rings is 2. The summed E-state index contributed by atoms with van der Waals surface area (Å²) in [4.78, 5) is 0.418. The highest BCUT2D eigenvalue weighted by Crippen LogP contribution is 2.64. The minimum atomic E-state index is -3.67. The first kappa shape index (κ1) is 20.3. The van der Waals surface area contributed by atoms with Crippen molar-refractivity contribution in [3.63, 3.8) is 0 Å². The fourth-order valence-corrected chi connectivity index (χ4v) is 6.68. The summed E-state index contributed by atoms with van der Waals surface area (Å²) in [7, 11) is -3.67. The molecule has 0 aliphatic heterocycles.